The number of nitrogens with zero attached hydrogens (tertiary/aromatic N) is 3. The second-order valence-corrected chi connectivity index (χ2v) is 6.08. The van der Waals surface area contributed by atoms with Gasteiger partial charge in [0.2, 0.25) is 11.8 Å². The van der Waals surface area contributed by atoms with Crippen LogP contribution in [0.4, 0.5) is 5.69 Å². The molecule has 1 fully saturated rings. The summed E-state index contributed by atoms with van der Waals surface area (Å²) < 4.78 is 5.30. The Morgan fingerprint density at radius 3 is 2.70 bits per heavy atom. The Kier molecular flexibility index (Phi) is 4.74. The molecule has 1 saturated heterocycles. The van der Waals surface area contributed by atoms with E-state index in [4.69, 9.17) is 4.52 Å². The summed E-state index contributed by atoms with van der Waals surface area (Å²) in [5.41, 5.74) is 2.27. The molecule has 3 rings (SSSR count). The molecule has 1 aromatic carbocycles. The first-order valence-corrected chi connectivity index (χ1v) is 8.43. The normalized spacial score (nSPS) is 17.9. The van der Waals surface area contributed by atoms with Crippen LogP contribution in [0, 0.1) is 0 Å². The van der Waals surface area contributed by atoms with Crippen molar-refractivity contribution in [2.45, 2.75) is 51.9 Å². The van der Waals surface area contributed by atoms with E-state index >= 15 is 0 Å². The van der Waals surface area contributed by atoms with Crippen LogP contribution < -0.4 is 4.90 Å². The Bertz CT molecular complexity index is 663. The molecular weight excluding hydrogens is 290 g/mol. The van der Waals surface area contributed by atoms with Crippen molar-refractivity contribution in [1.82, 2.24) is 10.1 Å². The molecule has 5 heteroatoms. The fraction of sp³-hybridized carbons (Fsp3) is 0.500. The van der Waals surface area contributed by atoms with Gasteiger partial charge in [-0.05, 0) is 30.5 Å². The summed E-state index contributed by atoms with van der Waals surface area (Å²) in [5.74, 6) is 1.39. The second-order valence-electron chi connectivity index (χ2n) is 6.08. The Morgan fingerprint density at radius 1 is 1.26 bits per heavy atom. The Morgan fingerprint density at radius 2 is 2.04 bits per heavy atom. The third kappa shape index (κ3) is 3.44. The van der Waals surface area contributed by atoms with E-state index in [0.29, 0.717) is 24.7 Å². The maximum Gasteiger partial charge on any atom is 0.232 e. The fourth-order valence-electron chi connectivity index (χ4n) is 2.92. The zero-order chi connectivity index (χ0) is 16.2. The molecule has 0 saturated carbocycles. The third-order valence-corrected chi connectivity index (χ3v) is 4.34. The number of hydrogen-bond acceptors (Lipinski definition) is 4. The van der Waals surface area contributed by atoms with Gasteiger partial charge in [-0.1, -0.05) is 37.6 Å². The molecule has 2 aromatic rings. The molecule has 122 valence electrons. The van der Waals surface area contributed by atoms with Crippen LogP contribution in [0.1, 0.15) is 56.3 Å². The van der Waals surface area contributed by atoms with Gasteiger partial charge in [0.25, 0.3) is 0 Å². The zero-order valence-corrected chi connectivity index (χ0v) is 13.8. The standard InChI is InChI=1S/C18H23N3O2/c1-3-5-6-13-7-9-15(10-8-13)21-12-14(11-17(21)22)18-19-16(4-2)20-23-18/h7-10,14H,3-6,11-12H2,1-2H3. The molecule has 23 heavy (non-hydrogen) atoms. The Hall–Kier alpha value is -2.17. The molecule has 1 atom stereocenters. The van der Waals surface area contributed by atoms with Crippen molar-refractivity contribution < 1.29 is 9.32 Å². The molecule has 0 spiro atoms. The third-order valence-electron chi connectivity index (χ3n) is 4.34. The molecule has 1 unspecified atom stereocenters. The predicted octanol–water partition coefficient (Wildman–Crippen LogP) is 3.50. The highest BCUT2D eigenvalue weighted by molar-refractivity contribution is 5.96. The molecule has 1 amide bonds. The van der Waals surface area contributed by atoms with Crippen molar-refractivity contribution in [3.8, 4) is 0 Å². The lowest BCUT2D eigenvalue weighted by Crippen LogP contribution is -2.24. The molecule has 1 aromatic heterocycles. The summed E-state index contributed by atoms with van der Waals surface area (Å²) in [6.45, 7) is 4.79. The van der Waals surface area contributed by atoms with E-state index in [1.807, 2.05) is 24.0 Å². The van der Waals surface area contributed by atoms with E-state index in [0.717, 1.165) is 18.5 Å². The van der Waals surface area contributed by atoms with Gasteiger partial charge in [-0.3, -0.25) is 4.79 Å². The van der Waals surface area contributed by atoms with Crippen molar-refractivity contribution in [2.24, 2.45) is 0 Å². The smallest absolute Gasteiger partial charge is 0.232 e. The van der Waals surface area contributed by atoms with E-state index in [1.165, 1.54) is 18.4 Å². The average Bonchev–Trinajstić information content (AvgIpc) is 3.20. The van der Waals surface area contributed by atoms with Crippen LogP contribution in [-0.4, -0.2) is 22.6 Å². The maximum absolute atomic E-state index is 12.3. The number of carbonyl (C=O) groups excluding carboxylic acids is 1. The van der Waals surface area contributed by atoms with Gasteiger partial charge in [-0.25, -0.2) is 0 Å². The lowest BCUT2D eigenvalue weighted by atomic mass is 10.1. The van der Waals surface area contributed by atoms with Crippen molar-refractivity contribution in [2.75, 3.05) is 11.4 Å². The van der Waals surface area contributed by atoms with Crippen LogP contribution in [0.3, 0.4) is 0 Å². The Balaban J connectivity index is 1.69. The molecule has 0 N–H and O–H groups in total. The summed E-state index contributed by atoms with van der Waals surface area (Å²) in [6, 6.07) is 8.31. The lowest BCUT2D eigenvalue weighted by molar-refractivity contribution is -0.117. The zero-order valence-electron chi connectivity index (χ0n) is 13.8. The minimum atomic E-state index is -0.00457. The topological polar surface area (TPSA) is 59.2 Å². The van der Waals surface area contributed by atoms with Crippen LogP contribution in [-0.2, 0) is 17.6 Å². The number of amides is 1. The number of rotatable bonds is 6. The van der Waals surface area contributed by atoms with Gasteiger partial charge in [-0.15, -0.1) is 0 Å². The number of unbranched alkanes of at least 4 members (excludes halogenated alkanes) is 1. The van der Waals surface area contributed by atoms with Crippen LogP contribution in [0.25, 0.3) is 0 Å². The number of carbonyl (C=O) groups is 1. The van der Waals surface area contributed by atoms with Crippen molar-refractivity contribution >= 4 is 11.6 Å². The monoisotopic (exact) mass is 313 g/mol. The summed E-state index contributed by atoms with van der Waals surface area (Å²) >= 11 is 0. The van der Waals surface area contributed by atoms with Gasteiger partial charge in [0.1, 0.15) is 0 Å². The predicted molar refractivity (Wildman–Crippen MR) is 88.4 cm³/mol. The van der Waals surface area contributed by atoms with Crippen molar-refractivity contribution in [3.63, 3.8) is 0 Å². The number of hydrogen-bond donors (Lipinski definition) is 0. The van der Waals surface area contributed by atoms with E-state index < -0.39 is 0 Å². The molecule has 0 bridgehead atoms. The molecule has 5 nitrogen and oxygen atoms in total. The first-order valence-electron chi connectivity index (χ1n) is 8.43. The van der Waals surface area contributed by atoms with Gasteiger partial charge in [0, 0.05) is 25.1 Å². The number of benzene rings is 1. The number of aromatic nitrogens is 2. The highest BCUT2D eigenvalue weighted by atomic mass is 16.5. The van der Waals surface area contributed by atoms with Crippen LogP contribution in [0.2, 0.25) is 0 Å². The van der Waals surface area contributed by atoms with Gasteiger partial charge >= 0.3 is 0 Å². The van der Waals surface area contributed by atoms with E-state index in [-0.39, 0.29) is 11.8 Å². The maximum atomic E-state index is 12.3. The van der Waals surface area contributed by atoms with Crippen LogP contribution in [0.15, 0.2) is 28.8 Å². The molecular formula is C18H23N3O2. The first kappa shape index (κ1) is 15.7. The van der Waals surface area contributed by atoms with Gasteiger partial charge in [-0.2, -0.15) is 4.98 Å². The quantitative estimate of drug-likeness (QED) is 0.819. The van der Waals surface area contributed by atoms with Gasteiger partial charge < -0.3 is 9.42 Å². The number of anilines is 1. The summed E-state index contributed by atoms with van der Waals surface area (Å²) in [6.07, 6.45) is 4.66. The van der Waals surface area contributed by atoms with E-state index in [2.05, 4.69) is 29.2 Å². The van der Waals surface area contributed by atoms with E-state index in [9.17, 15) is 4.79 Å². The van der Waals surface area contributed by atoms with Crippen molar-refractivity contribution in [1.29, 1.82) is 0 Å². The minimum Gasteiger partial charge on any atom is -0.339 e. The van der Waals surface area contributed by atoms with Crippen LogP contribution in [0.5, 0.6) is 0 Å². The van der Waals surface area contributed by atoms with E-state index in [1.54, 1.807) is 0 Å². The summed E-state index contributed by atoms with van der Waals surface area (Å²) in [5, 5.41) is 3.93. The fourth-order valence-corrected chi connectivity index (χ4v) is 2.92. The number of aryl methyl sites for hydroxylation is 2. The average molecular weight is 313 g/mol. The summed E-state index contributed by atoms with van der Waals surface area (Å²) in [7, 11) is 0. The Labute approximate surface area is 136 Å². The van der Waals surface area contributed by atoms with Gasteiger partial charge in [0.15, 0.2) is 5.82 Å². The first-order chi connectivity index (χ1) is 11.2. The highest BCUT2D eigenvalue weighted by Crippen LogP contribution is 2.31. The molecule has 1 aliphatic rings. The van der Waals surface area contributed by atoms with Crippen LogP contribution >= 0.6 is 0 Å². The molecule has 2 heterocycles. The second kappa shape index (κ2) is 6.94. The van der Waals surface area contributed by atoms with Gasteiger partial charge in [0.05, 0.1) is 5.92 Å². The highest BCUT2D eigenvalue weighted by Gasteiger charge is 2.34. The largest absolute Gasteiger partial charge is 0.339 e. The molecule has 0 radical (unpaired) electrons. The SMILES string of the molecule is CCCCc1ccc(N2CC(c3nc(CC)no3)CC2=O)cc1. The molecule has 0 aliphatic carbocycles. The minimum absolute atomic E-state index is 0.00457. The summed E-state index contributed by atoms with van der Waals surface area (Å²) in [4.78, 5) is 18.5. The lowest BCUT2D eigenvalue weighted by Gasteiger charge is -2.16. The van der Waals surface area contributed by atoms with Crippen molar-refractivity contribution in [3.05, 3.63) is 41.5 Å². The molecule has 1 aliphatic heterocycles.